The van der Waals surface area contributed by atoms with Crippen LogP contribution >= 0.6 is 11.3 Å². The molecule has 1 N–H and O–H groups in total. The second kappa shape index (κ2) is 3.08. The van der Waals surface area contributed by atoms with E-state index in [0.29, 0.717) is 6.04 Å². The van der Waals surface area contributed by atoms with Crippen LogP contribution in [0.3, 0.4) is 0 Å². The lowest BCUT2D eigenvalue weighted by Gasteiger charge is -2.39. The smallest absolute Gasteiger partial charge is 0.0484 e. The Morgan fingerprint density at radius 2 is 2.46 bits per heavy atom. The minimum Gasteiger partial charge on any atom is -0.314 e. The van der Waals surface area contributed by atoms with Crippen molar-refractivity contribution in [2.45, 2.75) is 12.5 Å². The maximum Gasteiger partial charge on any atom is 0.0484 e. The first kappa shape index (κ1) is 7.97. The average molecular weight is 194 g/mol. The highest BCUT2D eigenvalue weighted by molar-refractivity contribution is 7.10. The van der Waals surface area contributed by atoms with Gasteiger partial charge in [0.2, 0.25) is 0 Å². The Balaban J connectivity index is 1.97. The first-order chi connectivity index (χ1) is 6.45. The van der Waals surface area contributed by atoms with E-state index in [2.05, 4.69) is 21.7 Å². The summed E-state index contributed by atoms with van der Waals surface area (Å²) in [5.74, 6) is 0. The van der Waals surface area contributed by atoms with Gasteiger partial charge in [-0.05, 0) is 23.4 Å². The molecule has 0 radical (unpaired) electrons. The van der Waals surface area contributed by atoms with Crippen molar-refractivity contribution in [2.24, 2.45) is 0 Å². The van der Waals surface area contributed by atoms with Crippen LogP contribution in [-0.2, 0) is 6.42 Å². The van der Waals surface area contributed by atoms with E-state index >= 15 is 0 Å². The Labute approximate surface area is 82.6 Å². The topological polar surface area (TPSA) is 15.3 Å². The first-order valence-corrected chi connectivity index (χ1v) is 5.84. The molecule has 2 aliphatic heterocycles. The van der Waals surface area contributed by atoms with E-state index in [1.54, 1.807) is 10.4 Å². The van der Waals surface area contributed by atoms with E-state index in [9.17, 15) is 0 Å². The van der Waals surface area contributed by atoms with Gasteiger partial charge in [-0.3, -0.25) is 4.90 Å². The summed E-state index contributed by atoms with van der Waals surface area (Å²) in [6.07, 6.45) is 1.27. The second-order valence-corrected chi connectivity index (χ2v) is 4.81. The molecule has 0 saturated carbocycles. The lowest BCUT2D eigenvalue weighted by Crippen LogP contribution is -2.48. The van der Waals surface area contributed by atoms with Gasteiger partial charge in [-0.25, -0.2) is 0 Å². The molecule has 3 heteroatoms. The monoisotopic (exact) mass is 194 g/mol. The fourth-order valence-electron chi connectivity index (χ4n) is 2.42. The minimum absolute atomic E-state index is 0.670. The molecule has 0 aliphatic carbocycles. The molecule has 1 saturated heterocycles. The van der Waals surface area contributed by atoms with Gasteiger partial charge in [0.05, 0.1) is 0 Å². The summed E-state index contributed by atoms with van der Waals surface area (Å²) in [4.78, 5) is 4.23. The zero-order chi connectivity index (χ0) is 8.67. The molecule has 70 valence electrons. The molecule has 2 nitrogen and oxygen atoms in total. The summed E-state index contributed by atoms with van der Waals surface area (Å²) in [6.45, 7) is 4.79. The molecule has 1 aromatic heterocycles. The number of nitrogens with zero attached hydrogens (tertiary/aromatic N) is 1. The summed E-state index contributed by atoms with van der Waals surface area (Å²) in [5, 5.41) is 5.72. The third-order valence-electron chi connectivity index (χ3n) is 3.12. The molecule has 3 heterocycles. The fraction of sp³-hybridized carbons (Fsp3) is 0.600. The average Bonchev–Trinajstić information content (AvgIpc) is 2.65. The SMILES string of the molecule is c1cc2c(s1)CCN1CCNC[C@@H]21. The molecule has 1 fully saturated rings. The molecule has 0 amide bonds. The van der Waals surface area contributed by atoms with Gasteiger partial charge < -0.3 is 5.32 Å². The van der Waals surface area contributed by atoms with Crippen molar-refractivity contribution in [2.75, 3.05) is 26.2 Å². The van der Waals surface area contributed by atoms with Gasteiger partial charge in [-0.15, -0.1) is 11.3 Å². The van der Waals surface area contributed by atoms with Crippen molar-refractivity contribution in [3.05, 3.63) is 21.9 Å². The van der Waals surface area contributed by atoms with Crippen LogP contribution < -0.4 is 5.32 Å². The largest absolute Gasteiger partial charge is 0.314 e. The number of fused-ring (bicyclic) bond motifs is 3. The van der Waals surface area contributed by atoms with Crippen LogP contribution in [0.25, 0.3) is 0 Å². The number of rotatable bonds is 0. The van der Waals surface area contributed by atoms with E-state index in [1.165, 1.54) is 19.5 Å². The highest BCUT2D eigenvalue weighted by atomic mass is 32.1. The number of nitrogens with one attached hydrogen (secondary N) is 1. The number of piperazine rings is 1. The maximum atomic E-state index is 3.48. The summed E-state index contributed by atoms with van der Waals surface area (Å²) in [5.41, 5.74) is 1.59. The van der Waals surface area contributed by atoms with Gasteiger partial charge in [0, 0.05) is 37.1 Å². The molecule has 1 aromatic rings. The summed E-state index contributed by atoms with van der Waals surface area (Å²) < 4.78 is 0. The molecule has 2 aliphatic rings. The Hall–Kier alpha value is -0.380. The highest BCUT2D eigenvalue weighted by Crippen LogP contribution is 2.33. The number of hydrogen-bond donors (Lipinski definition) is 1. The van der Waals surface area contributed by atoms with E-state index in [4.69, 9.17) is 0 Å². The van der Waals surface area contributed by atoms with Gasteiger partial charge in [0.1, 0.15) is 0 Å². The van der Waals surface area contributed by atoms with Crippen LogP contribution in [0.1, 0.15) is 16.5 Å². The number of thiophene rings is 1. The molecular formula is C10H14N2S. The van der Waals surface area contributed by atoms with Crippen LogP contribution in [0, 0.1) is 0 Å². The Morgan fingerprint density at radius 3 is 3.46 bits per heavy atom. The Morgan fingerprint density at radius 1 is 1.46 bits per heavy atom. The molecule has 3 rings (SSSR count). The highest BCUT2D eigenvalue weighted by Gasteiger charge is 2.29. The summed E-state index contributed by atoms with van der Waals surface area (Å²) in [7, 11) is 0. The van der Waals surface area contributed by atoms with Gasteiger partial charge in [0.15, 0.2) is 0 Å². The molecule has 1 atom stereocenters. The van der Waals surface area contributed by atoms with Crippen molar-refractivity contribution in [3.8, 4) is 0 Å². The van der Waals surface area contributed by atoms with Crippen LogP contribution in [0.15, 0.2) is 11.4 Å². The van der Waals surface area contributed by atoms with Crippen molar-refractivity contribution in [1.29, 1.82) is 0 Å². The van der Waals surface area contributed by atoms with E-state index in [1.807, 2.05) is 11.3 Å². The minimum atomic E-state index is 0.670. The van der Waals surface area contributed by atoms with Crippen LogP contribution in [-0.4, -0.2) is 31.1 Å². The van der Waals surface area contributed by atoms with Crippen LogP contribution in [0.5, 0.6) is 0 Å². The predicted octanol–water partition coefficient (Wildman–Crippen LogP) is 1.25. The van der Waals surface area contributed by atoms with Crippen molar-refractivity contribution in [1.82, 2.24) is 10.2 Å². The number of hydrogen-bond acceptors (Lipinski definition) is 3. The Kier molecular flexibility index (Phi) is 1.89. The van der Waals surface area contributed by atoms with Gasteiger partial charge in [-0.1, -0.05) is 0 Å². The predicted molar refractivity (Wildman–Crippen MR) is 55.2 cm³/mol. The first-order valence-electron chi connectivity index (χ1n) is 4.96. The lowest BCUT2D eigenvalue weighted by molar-refractivity contribution is 0.153. The maximum absolute atomic E-state index is 3.48. The van der Waals surface area contributed by atoms with Crippen LogP contribution in [0.4, 0.5) is 0 Å². The normalized spacial score (nSPS) is 28.2. The Bertz CT molecular complexity index is 308. The standard InChI is InChI=1S/C10H14N2S/c1-4-12-5-3-11-7-9(12)8-2-6-13-10(1)8/h2,6,9,11H,1,3-5,7H2/t9-/m0/s1. The molecule has 0 spiro atoms. The van der Waals surface area contributed by atoms with Crippen molar-refractivity contribution in [3.63, 3.8) is 0 Å². The van der Waals surface area contributed by atoms with Gasteiger partial charge in [-0.2, -0.15) is 0 Å². The fourth-order valence-corrected chi connectivity index (χ4v) is 3.34. The third-order valence-corrected chi connectivity index (χ3v) is 4.12. The van der Waals surface area contributed by atoms with Crippen molar-refractivity contribution < 1.29 is 0 Å². The summed E-state index contributed by atoms with van der Waals surface area (Å²) >= 11 is 1.93. The molecule has 0 unspecified atom stereocenters. The van der Waals surface area contributed by atoms with E-state index < -0.39 is 0 Å². The second-order valence-electron chi connectivity index (χ2n) is 3.81. The molecular weight excluding hydrogens is 180 g/mol. The zero-order valence-corrected chi connectivity index (χ0v) is 8.44. The quantitative estimate of drug-likeness (QED) is 0.668. The lowest BCUT2D eigenvalue weighted by atomic mass is 9.98. The third kappa shape index (κ3) is 1.23. The molecule has 0 aromatic carbocycles. The zero-order valence-electron chi connectivity index (χ0n) is 7.62. The summed E-state index contributed by atoms with van der Waals surface area (Å²) in [6, 6.07) is 2.98. The van der Waals surface area contributed by atoms with Crippen molar-refractivity contribution >= 4 is 11.3 Å². The van der Waals surface area contributed by atoms with Crippen LogP contribution in [0.2, 0.25) is 0 Å². The van der Waals surface area contributed by atoms with E-state index in [0.717, 1.165) is 13.1 Å². The van der Waals surface area contributed by atoms with E-state index in [-0.39, 0.29) is 0 Å². The van der Waals surface area contributed by atoms with Gasteiger partial charge >= 0.3 is 0 Å². The van der Waals surface area contributed by atoms with Gasteiger partial charge in [0.25, 0.3) is 0 Å². The molecule has 0 bridgehead atoms. The molecule has 13 heavy (non-hydrogen) atoms.